The highest BCUT2D eigenvalue weighted by Gasteiger charge is 2.33. The zero-order valence-electron chi connectivity index (χ0n) is 15.5. The lowest BCUT2D eigenvalue weighted by molar-refractivity contribution is 0.329. The van der Waals surface area contributed by atoms with E-state index in [9.17, 15) is 17.3 Å². The van der Waals surface area contributed by atoms with E-state index in [4.69, 9.17) is 4.42 Å². The first-order valence-corrected chi connectivity index (χ1v) is 8.10. The monoisotopic (exact) mass is 356 g/mol. The van der Waals surface area contributed by atoms with Crippen molar-refractivity contribution in [2.24, 2.45) is 0 Å². The van der Waals surface area contributed by atoms with Gasteiger partial charge in [0.2, 0.25) is 0 Å². The van der Waals surface area contributed by atoms with Gasteiger partial charge in [-0.25, -0.2) is 4.42 Å². The Morgan fingerprint density at radius 3 is 1.36 bits per heavy atom. The molecule has 6 heteroatoms. The highest BCUT2D eigenvalue weighted by Crippen LogP contribution is 2.33. The minimum Gasteiger partial charge on any atom is -0.418 e. The van der Waals surface area contributed by atoms with Gasteiger partial charge in [0.25, 0.3) is 0 Å². The van der Waals surface area contributed by atoms with Crippen molar-refractivity contribution in [3.8, 4) is 11.1 Å². The summed E-state index contributed by atoms with van der Waals surface area (Å²) in [5.41, 5.74) is 2.47. The maximum absolute atomic E-state index is 9.75. The molecule has 1 aromatic heterocycles. The number of hydrogen-bond donors (Lipinski definition) is 0. The minimum absolute atomic E-state index is 0.00475. The molecule has 0 aliphatic carbocycles. The Morgan fingerprint density at radius 1 is 0.680 bits per heavy atom. The van der Waals surface area contributed by atoms with E-state index in [1.54, 1.807) is 0 Å². The van der Waals surface area contributed by atoms with Gasteiger partial charge in [-0.05, 0) is 52.7 Å². The third-order valence-corrected chi connectivity index (χ3v) is 3.38. The van der Waals surface area contributed by atoms with E-state index >= 15 is 0 Å². The quantitative estimate of drug-likeness (QED) is 0.301. The summed E-state index contributed by atoms with van der Waals surface area (Å²) in [4.78, 5) is 0. The zero-order valence-corrected chi connectivity index (χ0v) is 15.5. The second kappa shape index (κ2) is 7.59. The summed E-state index contributed by atoms with van der Waals surface area (Å²) < 4.78 is 45.2. The lowest BCUT2D eigenvalue weighted by Gasteiger charge is -2.15. The van der Waals surface area contributed by atoms with Crippen LogP contribution in [0.15, 0.2) is 46.9 Å². The van der Waals surface area contributed by atoms with Gasteiger partial charge in [-0.3, -0.25) is 0 Å². The van der Waals surface area contributed by atoms with Crippen molar-refractivity contribution < 1.29 is 21.7 Å². The molecule has 2 rings (SSSR count). The van der Waals surface area contributed by atoms with Crippen molar-refractivity contribution in [2.75, 3.05) is 0 Å². The summed E-state index contributed by atoms with van der Waals surface area (Å²) >= 11 is 0. The molecule has 2 aromatic rings. The fraction of sp³-hybridized carbons (Fsp3) is 0.421. The average molecular weight is 356 g/mol. The van der Waals surface area contributed by atoms with Gasteiger partial charge >= 0.3 is 18.8 Å². The molecular weight excluding hydrogens is 331 g/mol. The number of hydrogen-bond acceptors (Lipinski definition) is 0. The molecule has 0 atom stereocenters. The van der Waals surface area contributed by atoms with Crippen LogP contribution in [0, 0.1) is 0 Å². The molecule has 0 radical (unpaired) electrons. The van der Waals surface area contributed by atoms with E-state index in [2.05, 4.69) is 77.9 Å². The second-order valence-electron chi connectivity index (χ2n) is 7.94. The fourth-order valence-electron chi connectivity index (χ4n) is 2.04. The van der Waals surface area contributed by atoms with E-state index in [0.29, 0.717) is 0 Å². The first-order chi connectivity index (χ1) is 11.2. The molecule has 0 fully saturated rings. The van der Waals surface area contributed by atoms with Crippen molar-refractivity contribution in [1.29, 1.82) is 0 Å². The summed E-state index contributed by atoms with van der Waals surface area (Å²) in [6.45, 7) is 13.1. The molecule has 0 amide bonds. The van der Waals surface area contributed by atoms with Gasteiger partial charge in [-0.1, -0.05) is 30.3 Å². The largest absolute Gasteiger partial charge is 0.673 e. The van der Waals surface area contributed by atoms with E-state index in [-0.39, 0.29) is 10.8 Å². The summed E-state index contributed by atoms with van der Waals surface area (Å²) in [5.74, 6) is 2.06. The Morgan fingerprint density at radius 2 is 1.04 bits per heavy atom. The van der Waals surface area contributed by atoms with E-state index in [1.165, 1.54) is 11.1 Å². The van der Waals surface area contributed by atoms with Crippen LogP contribution in [0.4, 0.5) is 17.3 Å². The molecule has 0 saturated carbocycles. The van der Waals surface area contributed by atoms with Crippen LogP contribution < -0.4 is 0 Å². The Kier molecular flexibility index (Phi) is 6.43. The molecule has 0 saturated heterocycles. The van der Waals surface area contributed by atoms with Crippen LogP contribution in [0.25, 0.3) is 11.1 Å². The van der Waals surface area contributed by atoms with Crippen LogP contribution in [0.2, 0.25) is 0 Å². The van der Waals surface area contributed by atoms with Crippen LogP contribution in [0.1, 0.15) is 53.1 Å². The molecule has 0 N–H and O–H groups in total. The molecule has 1 nitrogen and oxygen atoms in total. The van der Waals surface area contributed by atoms with Gasteiger partial charge in [0.1, 0.15) is 0 Å². The van der Waals surface area contributed by atoms with Crippen LogP contribution in [-0.2, 0) is 10.8 Å². The molecule has 1 heterocycles. The summed E-state index contributed by atoms with van der Waals surface area (Å²) in [6.07, 6.45) is 0. The molecule has 0 aliphatic rings. The first-order valence-electron chi connectivity index (χ1n) is 8.10. The average Bonchev–Trinajstić information content (AvgIpc) is 2.44. The second-order valence-corrected chi connectivity index (χ2v) is 7.94. The van der Waals surface area contributed by atoms with Gasteiger partial charge in [0.15, 0.2) is 0 Å². The lowest BCUT2D eigenvalue weighted by Crippen LogP contribution is -2.16. The molecule has 0 aliphatic heterocycles. The predicted octanol–water partition coefficient (Wildman–Crippen LogP) is 7.12. The van der Waals surface area contributed by atoms with E-state index in [1.807, 2.05) is 6.07 Å². The van der Waals surface area contributed by atoms with Crippen molar-refractivity contribution in [3.05, 3.63) is 54.0 Å². The van der Waals surface area contributed by atoms with Gasteiger partial charge < -0.3 is 17.3 Å². The Hall–Kier alpha value is -1.85. The summed E-state index contributed by atoms with van der Waals surface area (Å²) in [5, 5.41) is 0. The lowest BCUT2D eigenvalue weighted by atomic mass is 9.87. The third-order valence-electron chi connectivity index (χ3n) is 3.38. The fourth-order valence-corrected chi connectivity index (χ4v) is 2.04. The van der Waals surface area contributed by atoms with Gasteiger partial charge in [0, 0.05) is 12.1 Å². The molecule has 0 spiro atoms. The Bertz CT molecular complexity index is 645. The number of benzene rings is 1. The minimum atomic E-state index is -6.00. The molecule has 0 unspecified atom stereocenters. The normalized spacial score (nSPS) is 12.4. The van der Waals surface area contributed by atoms with Crippen molar-refractivity contribution in [1.82, 2.24) is 0 Å². The van der Waals surface area contributed by atoms with E-state index < -0.39 is 7.25 Å². The number of halogens is 4. The highest BCUT2D eigenvalue weighted by molar-refractivity contribution is 6.50. The van der Waals surface area contributed by atoms with Crippen LogP contribution in [-0.4, -0.2) is 7.25 Å². The van der Waals surface area contributed by atoms with Gasteiger partial charge in [-0.2, -0.15) is 0 Å². The zero-order chi connectivity index (χ0) is 19.5. The van der Waals surface area contributed by atoms with Crippen molar-refractivity contribution in [2.45, 2.75) is 52.4 Å². The van der Waals surface area contributed by atoms with Crippen molar-refractivity contribution in [3.63, 3.8) is 0 Å². The van der Waals surface area contributed by atoms with Crippen LogP contribution in [0.3, 0.4) is 0 Å². The smallest absolute Gasteiger partial charge is 0.418 e. The third kappa shape index (κ3) is 7.71. The van der Waals surface area contributed by atoms with Gasteiger partial charge in [0.05, 0.1) is 10.8 Å². The van der Waals surface area contributed by atoms with Gasteiger partial charge in [-0.15, -0.1) is 0 Å². The highest BCUT2D eigenvalue weighted by atomic mass is 19.5. The molecule has 0 bridgehead atoms. The Balaban J connectivity index is 0.000000550. The first kappa shape index (κ1) is 21.2. The molecular formula is C19H25BF4O. The SMILES string of the molecule is CC(C)(C)c1cc(-c2ccccc2)cc(C(C)(C)C)[o+]1.F[B-](F)(F)F. The maximum Gasteiger partial charge on any atom is 0.673 e. The summed E-state index contributed by atoms with van der Waals surface area (Å²) in [6, 6.07) is 14.8. The molecule has 138 valence electrons. The number of rotatable bonds is 1. The molecule has 25 heavy (non-hydrogen) atoms. The predicted molar refractivity (Wildman–Crippen MR) is 96.1 cm³/mol. The van der Waals surface area contributed by atoms with Crippen LogP contribution in [0.5, 0.6) is 0 Å². The van der Waals surface area contributed by atoms with E-state index in [0.717, 1.165) is 11.5 Å². The standard InChI is InChI=1S/C19H25O.BF4/c1-18(2,3)16-12-15(14-10-8-7-9-11-14)13-17(20-16)19(4,5)6;2-1(3,4)5/h7-13H,1-6H3;/q+1;-1. The Labute approximate surface area is 147 Å². The topological polar surface area (TPSA) is 11.3 Å². The van der Waals surface area contributed by atoms with Crippen LogP contribution >= 0.6 is 0 Å². The van der Waals surface area contributed by atoms with Crippen molar-refractivity contribution >= 4 is 7.25 Å². The molecule has 1 aromatic carbocycles. The maximum atomic E-state index is 9.75. The summed E-state index contributed by atoms with van der Waals surface area (Å²) in [7, 11) is -6.00.